The monoisotopic (exact) mass is 425 g/mol. The Morgan fingerprint density at radius 1 is 1.10 bits per heavy atom. The van der Waals surface area contributed by atoms with Crippen molar-refractivity contribution < 1.29 is 23.9 Å². The lowest BCUT2D eigenvalue weighted by Crippen LogP contribution is -2.42. The smallest absolute Gasteiger partial charge is 0.325 e. The zero-order chi connectivity index (χ0) is 22.6. The average molecular weight is 425 g/mol. The van der Waals surface area contributed by atoms with Crippen molar-refractivity contribution >= 4 is 23.5 Å². The number of ether oxygens (including phenoxy) is 2. The van der Waals surface area contributed by atoms with E-state index in [1.165, 1.54) is 14.2 Å². The van der Waals surface area contributed by atoms with E-state index in [9.17, 15) is 14.4 Å². The van der Waals surface area contributed by atoms with Gasteiger partial charge in [-0.05, 0) is 36.6 Å². The molecule has 2 aromatic rings. The zero-order valence-electron chi connectivity index (χ0n) is 18.2. The van der Waals surface area contributed by atoms with Crippen molar-refractivity contribution in [3.63, 3.8) is 0 Å². The van der Waals surface area contributed by atoms with Crippen LogP contribution in [-0.2, 0) is 21.5 Å². The normalized spacial score (nSPS) is 18.0. The second-order valence-corrected chi connectivity index (χ2v) is 7.51. The average Bonchev–Trinajstić information content (AvgIpc) is 2.98. The van der Waals surface area contributed by atoms with Gasteiger partial charge in [-0.15, -0.1) is 0 Å². The molecule has 0 bridgehead atoms. The first-order valence-corrected chi connectivity index (χ1v) is 10.1. The van der Waals surface area contributed by atoms with Crippen LogP contribution in [0.1, 0.15) is 31.4 Å². The third kappa shape index (κ3) is 4.47. The van der Waals surface area contributed by atoms with E-state index in [2.05, 4.69) is 17.6 Å². The summed E-state index contributed by atoms with van der Waals surface area (Å²) in [4.78, 5) is 39.1. The van der Waals surface area contributed by atoms with Gasteiger partial charge in [-0.3, -0.25) is 14.5 Å². The Balaban J connectivity index is 1.73. The first-order valence-electron chi connectivity index (χ1n) is 10.1. The number of benzene rings is 2. The fourth-order valence-electron chi connectivity index (χ4n) is 3.56. The molecule has 0 saturated carbocycles. The molecule has 1 saturated heterocycles. The van der Waals surface area contributed by atoms with Gasteiger partial charge in [0.05, 0.1) is 19.9 Å². The van der Waals surface area contributed by atoms with E-state index >= 15 is 0 Å². The molecule has 1 aliphatic rings. The zero-order valence-corrected chi connectivity index (χ0v) is 18.2. The lowest BCUT2D eigenvalue weighted by atomic mass is 9.91. The van der Waals surface area contributed by atoms with E-state index in [4.69, 9.17) is 9.47 Å². The maximum atomic E-state index is 13.1. The predicted molar refractivity (Wildman–Crippen MR) is 116 cm³/mol. The van der Waals surface area contributed by atoms with Crippen LogP contribution in [-0.4, -0.2) is 43.5 Å². The molecule has 1 atom stereocenters. The molecule has 1 heterocycles. The largest absolute Gasteiger partial charge is 0.497 e. The van der Waals surface area contributed by atoms with Gasteiger partial charge in [0.2, 0.25) is 5.91 Å². The Morgan fingerprint density at radius 2 is 1.81 bits per heavy atom. The van der Waals surface area contributed by atoms with Crippen molar-refractivity contribution in [2.45, 2.75) is 32.2 Å². The number of amides is 4. The Kier molecular flexibility index (Phi) is 6.48. The van der Waals surface area contributed by atoms with Gasteiger partial charge in [0.1, 0.15) is 23.6 Å². The number of nitrogens with one attached hydrogen (secondary N) is 2. The fourth-order valence-corrected chi connectivity index (χ4v) is 3.56. The number of aryl methyl sites for hydroxylation is 1. The molecule has 1 unspecified atom stereocenters. The highest BCUT2D eigenvalue weighted by molar-refractivity contribution is 6.10. The molecule has 0 radical (unpaired) electrons. The molecule has 0 aliphatic carbocycles. The summed E-state index contributed by atoms with van der Waals surface area (Å²) in [7, 11) is 3.00. The Hall–Kier alpha value is -3.55. The molecule has 164 valence electrons. The van der Waals surface area contributed by atoms with Crippen molar-refractivity contribution in [3.05, 3.63) is 53.6 Å². The molecule has 0 spiro atoms. The molecule has 1 fully saturated rings. The van der Waals surface area contributed by atoms with E-state index in [-0.39, 0.29) is 0 Å². The van der Waals surface area contributed by atoms with Crippen LogP contribution in [0.3, 0.4) is 0 Å². The van der Waals surface area contributed by atoms with E-state index in [0.717, 1.165) is 23.3 Å². The van der Waals surface area contributed by atoms with Gasteiger partial charge in [0.15, 0.2) is 0 Å². The van der Waals surface area contributed by atoms with Crippen LogP contribution in [0.15, 0.2) is 42.5 Å². The lowest BCUT2D eigenvalue weighted by Gasteiger charge is -2.22. The Labute approximate surface area is 181 Å². The Bertz CT molecular complexity index is 989. The van der Waals surface area contributed by atoms with Crippen LogP contribution in [0.2, 0.25) is 0 Å². The first kappa shape index (κ1) is 22.1. The molecule has 0 aromatic heterocycles. The molecular formula is C23H27N3O5. The minimum atomic E-state index is -1.22. The van der Waals surface area contributed by atoms with Crippen LogP contribution in [0, 0.1) is 0 Å². The van der Waals surface area contributed by atoms with Crippen molar-refractivity contribution in [2.24, 2.45) is 0 Å². The number of carbonyl (C=O) groups is 3. The van der Waals surface area contributed by atoms with Crippen molar-refractivity contribution in [1.29, 1.82) is 0 Å². The van der Waals surface area contributed by atoms with E-state index in [1.54, 1.807) is 25.1 Å². The number of methoxy groups -OCH3 is 2. The topological polar surface area (TPSA) is 97.0 Å². The number of rotatable bonds is 8. The van der Waals surface area contributed by atoms with E-state index in [0.29, 0.717) is 22.7 Å². The van der Waals surface area contributed by atoms with E-state index < -0.39 is 29.9 Å². The molecule has 31 heavy (non-hydrogen) atoms. The van der Waals surface area contributed by atoms with Crippen molar-refractivity contribution in [2.75, 3.05) is 26.1 Å². The predicted octanol–water partition coefficient (Wildman–Crippen LogP) is 3.06. The summed E-state index contributed by atoms with van der Waals surface area (Å²) in [5.41, 5.74) is 1.02. The van der Waals surface area contributed by atoms with Crippen LogP contribution in [0.5, 0.6) is 11.5 Å². The van der Waals surface area contributed by atoms with Gasteiger partial charge < -0.3 is 20.1 Å². The molecule has 8 nitrogen and oxygen atoms in total. The molecule has 8 heteroatoms. The highest BCUT2D eigenvalue weighted by Gasteiger charge is 2.49. The summed E-state index contributed by atoms with van der Waals surface area (Å²) < 4.78 is 10.4. The minimum absolute atomic E-state index is 0.405. The van der Waals surface area contributed by atoms with E-state index in [1.807, 2.05) is 24.3 Å². The minimum Gasteiger partial charge on any atom is -0.497 e. The lowest BCUT2D eigenvalue weighted by molar-refractivity contribution is -0.133. The number of hydrogen-bond acceptors (Lipinski definition) is 5. The van der Waals surface area contributed by atoms with Crippen LogP contribution >= 0.6 is 0 Å². The van der Waals surface area contributed by atoms with Crippen LogP contribution in [0.25, 0.3) is 0 Å². The van der Waals surface area contributed by atoms with Gasteiger partial charge in [-0.1, -0.05) is 37.6 Å². The number of imide groups is 1. The first-order chi connectivity index (χ1) is 14.8. The van der Waals surface area contributed by atoms with Gasteiger partial charge in [0, 0.05) is 6.07 Å². The summed E-state index contributed by atoms with van der Waals surface area (Å²) >= 11 is 0. The summed E-state index contributed by atoms with van der Waals surface area (Å²) in [6.45, 7) is 3.33. The second kappa shape index (κ2) is 9.07. The van der Waals surface area contributed by atoms with Crippen molar-refractivity contribution in [3.8, 4) is 11.5 Å². The quantitative estimate of drug-likeness (QED) is 0.634. The third-order valence-corrected chi connectivity index (χ3v) is 5.33. The standard InChI is InChI=1S/C23H27N3O5/c1-5-6-15-7-9-16(10-8-15)23(2)21(28)26(22(29)25-23)14-20(27)24-18-12-11-17(30-3)13-19(18)31-4/h7-13H,5-6,14H2,1-4H3,(H,24,27)(H,25,29). The molecule has 4 amide bonds. The summed E-state index contributed by atoms with van der Waals surface area (Å²) in [5.74, 6) is -0.0151. The molecule has 1 aliphatic heterocycles. The molecular weight excluding hydrogens is 398 g/mol. The number of hydrogen-bond donors (Lipinski definition) is 2. The van der Waals surface area contributed by atoms with Gasteiger partial charge in [-0.25, -0.2) is 4.79 Å². The molecule has 3 rings (SSSR count). The van der Waals surface area contributed by atoms with Crippen molar-refractivity contribution in [1.82, 2.24) is 10.2 Å². The summed E-state index contributed by atoms with van der Waals surface area (Å²) in [5, 5.41) is 5.40. The highest BCUT2D eigenvalue weighted by atomic mass is 16.5. The summed E-state index contributed by atoms with van der Waals surface area (Å²) in [6, 6.07) is 11.9. The van der Waals surface area contributed by atoms with Crippen LogP contribution < -0.4 is 20.1 Å². The summed E-state index contributed by atoms with van der Waals surface area (Å²) in [6.07, 6.45) is 1.96. The molecule has 2 aromatic carbocycles. The number of urea groups is 1. The second-order valence-electron chi connectivity index (χ2n) is 7.51. The number of carbonyl (C=O) groups excluding carboxylic acids is 3. The fraction of sp³-hybridized carbons (Fsp3) is 0.348. The Morgan fingerprint density at radius 3 is 2.42 bits per heavy atom. The van der Waals surface area contributed by atoms with Gasteiger partial charge in [-0.2, -0.15) is 0 Å². The third-order valence-electron chi connectivity index (χ3n) is 5.33. The van der Waals surface area contributed by atoms with Gasteiger partial charge in [0.25, 0.3) is 5.91 Å². The number of anilines is 1. The van der Waals surface area contributed by atoms with Gasteiger partial charge >= 0.3 is 6.03 Å². The number of nitrogens with zero attached hydrogens (tertiary/aromatic N) is 1. The maximum absolute atomic E-state index is 13.1. The SMILES string of the molecule is CCCc1ccc(C2(C)NC(=O)N(CC(=O)Nc3ccc(OC)cc3OC)C2=O)cc1. The maximum Gasteiger partial charge on any atom is 0.325 e. The molecule has 2 N–H and O–H groups in total. The highest BCUT2D eigenvalue weighted by Crippen LogP contribution is 2.31. The van der Waals surface area contributed by atoms with Crippen LogP contribution in [0.4, 0.5) is 10.5 Å².